The average molecular weight is 868 g/mol. The first-order valence-corrected chi connectivity index (χ1v) is 21.6. The average Bonchev–Trinajstić information content (AvgIpc) is 3.61. The maximum atomic E-state index is 13.3. The molecule has 0 spiro atoms. The number of amides is 6. The van der Waals surface area contributed by atoms with Gasteiger partial charge in [-0.15, -0.1) is 0 Å². The lowest BCUT2D eigenvalue weighted by atomic mass is 10.0. The summed E-state index contributed by atoms with van der Waals surface area (Å²) in [6, 6.07) is 9.31. The van der Waals surface area contributed by atoms with Crippen LogP contribution in [0.2, 0.25) is 0 Å². The van der Waals surface area contributed by atoms with Gasteiger partial charge in [-0.3, -0.25) is 34.1 Å². The predicted octanol–water partition coefficient (Wildman–Crippen LogP) is 2.40. The number of carbonyl (C=O) groups is 6. The van der Waals surface area contributed by atoms with Crippen molar-refractivity contribution in [1.82, 2.24) is 35.7 Å². The molecule has 19 heteroatoms. The SMILES string of the molecule is CC[C@@H]1C(=O)N(C)c2cnc(Nc3ccc(C(=O)NC4CCN(CCNCCOCC(=O)Nc5cccc6c5CN(C5CCC(=O)NC5=O)C6=O)CC4)cc3OC)nc2N1C(C)C. The van der Waals surface area contributed by atoms with Crippen LogP contribution < -0.4 is 41.1 Å². The molecule has 4 aliphatic heterocycles. The van der Waals surface area contributed by atoms with E-state index in [9.17, 15) is 28.8 Å². The fraction of sp³-hybridized carbons (Fsp3) is 0.500. The Hall–Kier alpha value is -6.18. The van der Waals surface area contributed by atoms with Crippen LogP contribution in [0.3, 0.4) is 0 Å². The van der Waals surface area contributed by atoms with E-state index >= 15 is 0 Å². The highest BCUT2D eigenvalue weighted by Crippen LogP contribution is 2.37. The Kier molecular flexibility index (Phi) is 14.2. The molecule has 5 N–H and O–H groups in total. The summed E-state index contributed by atoms with van der Waals surface area (Å²) in [7, 11) is 3.29. The Balaban J connectivity index is 0.795. The molecule has 7 rings (SSSR count). The molecule has 19 nitrogen and oxygen atoms in total. The van der Waals surface area contributed by atoms with Gasteiger partial charge in [0.25, 0.3) is 11.8 Å². The molecule has 2 atom stereocenters. The van der Waals surface area contributed by atoms with Gasteiger partial charge in [-0.05, 0) is 69.9 Å². The van der Waals surface area contributed by atoms with Gasteiger partial charge in [-0.1, -0.05) is 13.0 Å². The first kappa shape index (κ1) is 44.9. The number of nitrogens with one attached hydrogen (secondary N) is 5. The van der Waals surface area contributed by atoms with Crippen molar-refractivity contribution in [1.29, 1.82) is 0 Å². The van der Waals surface area contributed by atoms with Crippen LogP contribution in [0.15, 0.2) is 42.6 Å². The number of carbonyl (C=O) groups excluding carboxylic acids is 6. The summed E-state index contributed by atoms with van der Waals surface area (Å²) < 4.78 is 11.3. The van der Waals surface area contributed by atoms with E-state index in [0.717, 1.165) is 39.0 Å². The third kappa shape index (κ3) is 10.1. The third-order valence-corrected chi connectivity index (χ3v) is 12.0. The number of benzene rings is 2. The van der Waals surface area contributed by atoms with Crippen LogP contribution in [0.1, 0.15) is 79.2 Å². The molecule has 336 valence electrons. The third-order valence-electron chi connectivity index (χ3n) is 12.0. The smallest absolute Gasteiger partial charge is 0.255 e. The number of likely N-dealkylation sites (tertiary alicyclic amines) is 1. The Morgan fingerprint density at radius 1 is 1.02 bits per heavy atom. The van der Waals surface area contributed by atoms with E-state index in [1.165, 1.54) is 4.90 Å². The van der Waals surface area contributed by atoms with E-state index in [1.54, 1.807) is 61.7 Å². The lowest BCUT2D eigenvalue weighted by Crippen LogP contribution is -2.54. The number of hydrogen-bond donors (Lipinski definition) is 5. The van der Waals surface area contributed by atoms with Gasteiger partial charge < -0.3 is 50.3 Å². The lowest BCUT2D eigenvalue weighted by Gasteiger charge is -2.42. The molecule has 4 aliphatic rings. The number of rotatable bonds is 17. The number of imide groups is 1. The van der Waals surface area contributed by atoms with Gasteiger partial charge >= 0.3 is 0 Å². The number of anilines is 5. The van der Waals surface area contributed by atoms with Crippen LogP contribution in [0.4, 0.5) is 28.8 Å². The second-order valence-corrected chi connectivity index (χ2v) is 16.4. The van der Waals surface area contributed by atoms with Gasteiger partial charge in [0.2, 0.25) is 29.6 Å². The quantitative estimate of drug-likeness (QED) is 0.0973. The predicted molar refractivity (Wildman–Crippen MR) is 235 cm³/mol. The number of fused-ring (bicyclic) bond motifs is 2. The van der Waals surface area contributed by atoms with Crippen LogP contribution in [-0.2, 0) is 30.5 Å². The Morgan fingerprint density at radius 3 is 2.54 bits per heavy atom. The second-order valence-electron chi connectivity index (χ2n) is 16.4. The molecule has 0 bridgehead atoms. The van der Waals surface area contributed by atoms with Gasteiger partial charge in [0, 0.05) is 87.2 Å². The molecule has 0 aliphatic carbocycles. The van der Waals surface area contributed by atoms with Crippen molar-refractivity contribution in [3.05, 3.63) is 59.3 Å². The maximum Gasteiger partial charge on any atom is 0.255 e. The fourth-order valence-corrected chi connectivity index (χ4v) is 8.62. The summed E-state index contributed by atoms with van der Waals surface area (Å²) in [5.41, 5.74) is 3.27. The molecule has 2 fully saturated rings. The minimum atomic E-state index is -0.734. The minimum Gasteiger partial charge on any atom is -0.495 e. The van der Waals surface area contributed by atoms with E-state index in [0.29, 0.717) is 70.8 Å². The molecule has 3 aromatic rings. The Bertz CT molecular complexity index is 2230. The maximum absolute atomic E-state index is 13.3. The van der Waals surface area contributed by atoms with E-state index in [-0.39, 0.29) is 73.7 Å². The molecule has 6 amide bonds. The number of likely N-dealkylation sites (N-methyl/N-ethyl adjacent to an activating group) is 1. The van der Waals surface area contributed by atoms with Crippen LogP contribution in [0.25, 0.3) is 0 Å². The van der Waals surface area contributed by atoms with Crippen molar-refractivity contribution in [2.75, 3.05) is 80.5 Å². The van der Waals surface area contributed by atoms with E-state index in [4.69, 9.17) is 14.5 Å². The van der Waals surface area contributed by atoms with Gasteiger partial charge in [-0.25, -0.2) is 4.98 Å². The molecule has 2 aromatic carbocycles. The van der Waals surface area contributed by atoms with Crippen molar-refractivity contribution in [3.63, 3.8) is 0 Å². The van der Waals surface area contributed by atoms with Crippen molar-refractivity contribution in [3.8, 4) is 5.75 Å². The first-order chi connectivity index (χ1) is 30.4. The van der Waals surface area contributed by atoms with Crippen molar-refractivity contribution in [2.45, 2.75) is 83.6 Å². The van der Waals surface area contributed by atoms with E-state index in [1.807, 2.05) is 25.7 Å². The summed E-state index contributed by atoms with van der Waals surface area (Å²) >= 11 is 0. The molecule has 1 aromatic heterocycles. The second kappa shape index (κ2) is 19.9. The summed E-state index contributed by atoms with van der Waals surface area (Å²) in [6.45, 7) is 10.2. The Labute approximate surface area is 366 Å². The Morgan fingerprint density at radius 2 is 1.81 bits per heavy atom. The van der Waals surface area contributed by atoms with Crippen molar-refractivity contribution < 1.29 is 38.2 Å². The molecule has 5 heterocycles. The molecule has 2 saturated heterocycles. The molecule has 0 saturated carbocycles. The van der Waals surface area contributed by atoms with Crippen LogP contribution >= 0.6 is 0 Å². The van der Waals surface area contributed by atoms with Crippen molar-refractivity contribution >= 4 is 64.3 Å². The number of nitrogens with zero attached hydrogens (tertiary/aromatic N) is 6. The van der Waals surface area contributed by atoms with Crippen LogP contribution in [0, 0.1) is 0 Å². The minimum absolute atomic E-state index is 0.0126. The lowest BCUT2D eigenvalue weighted by molar-refractivity contribution is -0.137. The molecule has 0 radical (unpaired) electrons. The molecule has 63 heavy (non-hydrogen) atoms. The number of ether oxygens (including phenoxy) is 2. The van der Waals surface area contributed by atoms with Gasteiger partial charge in [0.15, 0.2) is 5.82 Å². The zero-order valence-electron chi connectivity index (χ0n) is 36.5. The van der Waals surface area contributed by atoms with Gasteiger partial charge in [-0.2, -0.15) is 4.98 Å². The highest BCUT2D eigenvalue weighted by atomic mass is 16.5. The van der Waals surface area contributed by atoms with Crippen LogP contribution in [0.5, 0.6) is 5.75 Å². The van der Waals surface area contributed by atoms with Crippen molar-refractivity contribution in [2.24, 2.45) is 0 Å². The highest BCUT2D eigenvalue weighted by Gasteiger charge is 2.41. The van der Waals surface area contributed by atoms with Gasteiger partial charge in [0.05, 0.1) is 25.6 Å². The summed E-state index contributed by atoms with van der Waals surface area (Å²) in [5.74, 6) is -0.166. The summed E-state index contributed by atoms with van der Waals surface area (Å²) in [5, 5.41) is 14.9. The number of hydrogen-bond acceptors (Lipinski definition) is 14. The topological polar surface area (TPSA) is 220 Å². The number of aromatic nitrogens is 2. The number of piperidine rings is 2. The zero-order valence-corrected chi connectivity index (χ0v) is 36.5. The van der Waals surface area contributed by atoms with Gasteiger partial charge in [0.1, 0.15) is 30.1 Å². The standard InChI is InChI=1S/C44H57N11O8/c1-6-33-43(61)52(4)35-23-46-44(51-39(35)55(33)26(2)3)49-32-11-10-27(22-36(32)62-5)40(58)47-28-14-18-53(19-15-28)20-16-45-17-21-63-25-38(57)48-31-9-7-8-29-30(31)24-54(42(29)60)34-12-13-37(56)50-41(34)59/h7-11,22-23,26,28,33-34,45H,6,12-21,24-25H2,1-5H3,(H,47,58)(H,48,57)(H,46,49,51)(H,50,56,59)/t33-,34?/m1/s1. The summed E-state index contributed by atoms with van der Waals surface area (Å²) in [4.78, 5) is 92.9. The highest BCUT2D eigenvalue weighted by molar-refractivity contribution is 6.07. The largest absolute Gasteiger partial charge is 0.495 e. The molecular weight excluding hydrogens is 811 g/mol. The van der Waals surface area contributed by atoms with Crippen LogP contribution in [-0.4, -0.2) is 139 Å². The normalized spacial score (nSPS) is 19.2. The van der Waals surface area contributed by atoms with E-state index < -0.39 is 11.9 Å². The number of methoxy groups -OCH3 is 1. The van der Waals surface area contributed by atoms with E-state index in [2.05, 4.69) is 36.5 Å². The zero-order chi connectivity index (χ0) is 44.8. The fourth-order valence-electron chi connectivity index (χ4n) is 8.62. The first-order valence-electron chi connectivity index (χ1n) is 21.6. The molecule has 1 unspecified atom stereocenters. The summed E-state index contributed by atoms with van der Waals surface area (Å²) in [6.07, 6.45) is 4.36. The monoisotopic (exact) mass is 867 g/mol. The molecular formula is C44H57N11O8.